The maximum atomic E-state index is 5.90. The van der Waals surface area contributed by atoms with Crippen molar-refractivity contribution in [2.45, 2.75) is 32.7 Å². The second kappa shape index (κ2) is 5.04. The molecule has 94 valence electrons. The van der Waals surface area contributed by atoms with E-state index in [-0.39, 0.29) is 5.28 Å². The second-order valence-electron chi connectivity index (χ2n) is 4.53. The Balaban J connectivity index is 2.29. The molecule has 0 saturated carbocycles. The van der Waals surface area contributed by atoms with E-state index >= 15 is 0 Å². The number of hydrogen-bond donors (Lipinski definition) is 1. The number of piperidine rings is 1. The van der Waals surface area contributed by atoms with Gasteiger partial charge in [0.15, 0.2) is 0 Å². The molecule has 2 atom stereocenters. The molecule has 1 fully saturated rings. The minimum absolute atomic E-state index is 0.241. The Bertz CT molecular complexity index is 397. The van der Waals surface area contributed by atoms with Crippen LogP contribution in [0.5, 0.6) is 0 Å². The standard InChI is InChI=1S/C11H18ClN5/c1-7-5-4-6-17(8(7)2)11-15-9(12)14-10(13-3)16-11/h7-8H,4-6H2,1-3H3,(H,13,14,15,16). The van der Waals surface area contributed by atoms with E-state index in [0.717, 1.165) is 6.54 Å². The van der Waals surface area contributed by atoms with Crippen LogP contribution in [0, 0.1) is 5.92 Å². The summed E-state index contributed by atoms with van der Waals surface area (Å²) in [5.74, 6) is 1.84. The van der Waals surface area contributed by atoms with Gasteiger partial charge < -0.3 is 10.2 Å². The highest BCUT2D eigenvalue weighted by Crippen LogP contribution is 2.26. The van der Waals surface area contributed by atoms with Crippen LogP contribution in [0.3, 0.4) is 0 Å². The fourth-order valence-corrected chi connectivity index (χ4v) is 2.35. The number of aromatic nitrogens is 3. The summed E-state index contributed by atoms with van der Waals surface area (Å²) in [5, 5.41) is 3.14. The first-order valence-electron chi connectivity index (χ1n) is 5.97. The van der Waals surface area contributed by atoms with Crippen LogP contribution >= 0.6 is 11.6 Å². The van der Waals surface area contributed by atoms with Crippen molar-refractivity contribution in [3.8, 4) is 0 Å². The van der Waals surface area contributed by atoms with Gasteiger partial charge in [-0.1, -0.05) is 6.92 Å². The third-order valence-corrected chi connectivity index (χ3v) is 3.62. The van der Waals surface area contributed by atoms with Gasteiger partial charge in [-0.2, -0.15) is 15.0 Å². The van der Waals surface area contributed by atoms with Gasteiger partial charge in [-0.3, -0.25) is 0 Å². The van der Waals surface area contributed by atoms with Crippen LogP contribution < -0.4 is 10.2 Å². The minimum atomic E-state index is 0.241. The Morgan fingerprint density at radius 1 is 1.29 bits per heavy atom. The van der Waals surface area contributed by atoms with Crippen LogP contribution in [-0.4, -0.2) is 34.6 Å². The van der Waals surface area contributed by atoms with Crippen molar-refractivity contribution in [3.05, 3.63) is 5.28 Å². The van der Waals surface area contributed by atoms with Crippen molar-refractivity contribution in [3.63, 3.8) is 0 Å². The van der Waals surface area contributed by atoms with Crippen molar-refractivity contribution in [2.24, 2.45) is 5.92 Å². The largest absolute Gasteiger partial charge is 0.357 e. The van der Waals surface area contributed by atoms with Crippen molar-refractivity contribution < 1.29 is 0 Å². The van der Waals surface area contributed by atoms with E-state index in [0.29, 0.717) is 23.9 Å². The van der Waals surface area contributed by atoms with Gasteiger partial charge in [0.1, 0.15) is 0 Å². The normalized spacial score (nSPS) is 24.8. The summed E-state index contributed by atoms with van der Waals surface area (Å²) < 4.78 is 0. The summed E-state index contributed by atoms with van der Waals surface area (Å²) >= 11 is 5.90. The maximum absolute atomic E-state index is 5.90. The number of hydrogen-bond acceptors (Lipinski definition) is 5. The Hall–Kier alpha value is -1.10. The molecule has 2 unspecified atom stereocenters. The fourth-order valence-electron chi connectivity index (χ4n) is 2.20. The van der Waals surface area contributed by atoms with E-state index in [1.807, 2.05) is 0 Å². The molecule has 2 heterocycles. The molecule has 0 radical (unpaired) electrons. The molecule has 2 rings (SSSR count). The maximum Gasteiger partial charge on any atom is 0.231 e. The highest BCUT2D eigenvalue weighted by Gasteiger charge is 2.27. The average molecular weight is 256 g/mol. The van der Waals surface area contributed by atoms with Crippen molar-refractivity contribution in [2.75, 3.05) is 23.8 Å². The molecule has 5 nitrogen and oxygen atoms in total. The number of rotatable bonds is 2. The Morgan fingerprint density at radius 3 is 2.76 bits per heavy atom. The molecule has 1 N–H and O–H groups in total. The van der Waals surface area contributed by atoms with Crippen molar-refractivity contribution in [1.29, 1.82) is 0 Å². The van der Waals surface area contributed by atoms with Crippen LogP contribution in [0.15, 0.2) is 0 Å². The zero-order chi connectivity index (χ0) is 12.4. The fraction of sp³-hybridized carbons (Fsp3) is 0.727. The minimum Gasteiger partial charge on any atom is -0.357 e. The zero-order valence-corrected chi connectivity index (χ0v) is 11.2. The van der Waals surface area contributed by atoms with Gasteiger partial charge in [0.2, 0.25) is 17.2 Å². The predicted octanol–water partition coefficient (Wildman–Crippen LogP) is 2.19. The molecule has 0 spiro atoms. The molecule has 17 heavy (non-hydrogen) atoms. The lowest BCUT2D eigenvalue weighted by atomic mass is 9.92. The number of halogens is 1. The highest BCUT2D eigenvalue weighted by molar-refractivity contribution is 6.28. The molecule has 1 saturated heterocycles. The highest BCUT2D eigenvalue weighted by atomic mass is 35.5. The first-order chi connectivity index (χ1) is 8.11. The van der Waals surface area contributed by atoms with Gasteiger partial charge in [0, 0.05) is 19.6 Å². The lowest BCUT2D eigenvalue weighted by Crippen LogP contribution is -2.43. The van der Waals surface area contributed by atoms with Gasteiger partial charge in [0.25, 0.3) is 0 Å². The zero-order valence-electron chi connectivity index (χ0n) is 10.4. The van der Waals surface area contributed by atoms with Crippen molar-refractivity contribution >= 4 is 23.5 Å². The topological polar surface area (TPSA) is 53.9 Å². The molecule has 0 amide bonds. The van der Waals surface area contributed by atoms with E-state index in [2.05, 4.69) is 39.0 Å². The van der Waals surface area contributed by atoms with E-state index in [4.69, 9.17) is 11.6 Å². The number of anilines is 2. The molecular weight excluding hydrogens is 238 g/mol. The summed E-state index contributed by atoms with van der Waals surface area (Å²) in [4.78, 5) is 14.8. The molecule has 1 aliphatic rings. The van der Waals surface area contributed by atoms with Gasteiger partial charge in [0.05, 0.1) is 0 Å². The quantitative estimate of drug-likeness (QED) is 0.878. The summed E-state index contributed by atoms with van der Waals surface area (Å²) in [6, 6.07) is 0.437. The second-order valence-corrected chi connectivity index (χ2v) is 4.87. The van der Waals surface area contributed by atoms with Gasteiger partial charge in [-0.05, 0) is 37.3 Å². The van der Waals surface area contributed by atoms with Gasteiger partial charge >= 0.3 is 0 Å². The molecule has 0 bridgehead atoms. The smallest absolute Gasteiger partial charge is 0.231 e. The first-order valence-corrected chi connectivity index (χ1v) is 6.35. The predicted molar refractivity (Wildman–Crippen MR) is 69.6 cm³/mol. The van der Waals surface area contributed by atoms with E-state index in [9.17, 15) is 0 Å². The molecule has 0 aliphatic carbocycles. The van der Waals surface area contributed by atoms with E-state index in [1.165, 1.54) is 12.8 Å². The van der Waals surface area contributed by atoms with E-state index in [1.54, 1.807) is 7.05 Å². The Kier molecular flexibility index (Phi) is 3.66. The van der Waals surface area contributed by atoms with Crippen LogP contribution in [0.1, 0.15) is 26.7 Å². The molecule has 6 heteroatoms. The summed E-state index contributed by atoms with van der Waals surface area (Å²) in [6.45, 7) is 5.45. The van der Waals surface area contributed by atoms with E-state index < -0.39 is 0 Å². The number of nitrogens with zero attached hydrogens (tertiary/aromatic N) is 4. The lowest BCUT2D eigenvalue weighted by molar-refractivity contribution is 0.359. The number of nitrogens with one attached hydrogen (secondary N) is 1. The Morgan fingerprint density at radius 2 is 2.06 bits per heavy atom. The summed E-state index contributed by atoms with van der Waals surface area (Å²) in [6.07, 6.45) is 2.43. The Labute approximate surface area is 107 Å². The third kappa shape index (κ3) is 2.60. The van der Waals surface area contributed by atoms with Crippen LogP contribution in [0.2, 0.25) is 5.28 Å². The first kappa shape index (κ1) is 12.4. The summed E-state index contributed by atoms with van der Waals surface area (Å²) in [7, 11) is 1.78. The molecule has 0 aromatic carbocycles. The molecule has 1 aromatic heterocycles. The van der Waals surface area contributed by atoms with Crippen molar-refractivity contribution in [1.82, 2.24) is 15.0 Å². The molecule has 1 aliphatic heterocycles. The monoisotopic (exact) mass is 255 g/mol. The third-order valence-electron chi connectivity index (χ3n) is 3.45. The van der Waals surface area contributed by atoms with Crippen LogP contribution in [0.25, 0.3) is 0 Å². The van der Waals surface area contributed by atoms with Gasteiger partial charge in [-0.25, -0.2) is 0 Å². The lowest BCUT2D eigenvalue weighted by Gasteiger charge is -2.37. The summed E-state index contributed by atoms with van der Waals surface area (Å²) in [5.41, 5.74) is 0. The van der Waals surface area contributed by atoms with Crippen LogP contribution in [-0.2, 0) is 0 Å². The average Bonchev–Trinajstić information content (AvgIpc) is 2.31. The van der Waals surface area contributed by atoms with Gasteiger partial charge in [-0.15, -0.1) is 0 Å². The molecule has 1 aromatic rings. The molecular formula is C11H18ClN5. The van der Waals surface area contributed by atoms with Crippen LogP contribution in [0.4, 0.5) is 11.9 Å². The SMILES string of the molecule is CNc1nc(Cl)nc(N2CCCC(C)C2C)n1.